The minimum Gasteiger partial charge on any atom is -0.495 e. The van der Waals surface area contributed by atoms with Gasteiger partial charge < -0.3 is 24.3 Å². The molecule has 0 radical (unpaired) electrons. The number of hydrogen-bond donors (Lipinski definition) is 1. The molecular weight excluding hydrogens is 574 g/mol. The van der Waals surface area contributed by atoms with E-state index >= 15 is 0 Å². The highest BCUT2D eigenvalue weighted by molar-refractivity contribution is 7.92. The largest absolute Gasteiger partial charge is 0.495 e. The van der Waals surface area contributed by atoms with Crippen molar-refractivity contribution in [1.82, 2.24) is 4.31 Å². The number of morpholine rings is 1. The monoisotopic (exact) mass is 605 g/mol. The molecule has 1 aliphatic rings. The number of carbonyl (C=O) groups excluding carboxylic acids is 1. The van der Waals surface area contributed by atoms with Crippen molar-refractivity contribution in [3.63, 3.8) is 0 Å². The highest BCUT2D eigenvalue weighted by atomic mass is 32.2. The topological polar surface area (TPSA) is 141 Å². The van der Waals surface area contributed by atoms with Gasteiger partial charge in [-0.3, -0.25) is 9.10 Å². The molecule has 0 spiro atoms. The Morgan fingerprint density at radius 2 is 1.44 bits per heavy atom. The van der Waals surface area contributed by atoms with Gasteiger partial charge in [-0.2, -0.15) is 4.31 Å². The van der Waals surface area contributed by atoms with Gasteiger partial charge in [0.2, 0.25) is 15.9 Å². The van der Waals surface area contributed by atoms with E-state index in [-0.39, 0.29) is 59.0 Å². The molecule has 0 saturated carbocycles. The molecule has 1 amide bonds. The number of amides is 1. The number of carbonyl (C=O) groups is 1. The number of nitrogens with zero attached hydrogens (tertiary/aromatic N) is 2. The second kappa shape index (κ2) is 12.8. The summed E-state index contributed by atoms with van der Waals surface area (Å²) in [6.45, 7) is 0.349. The van der Waals surface area contributed by atoms with Gasteiger partial charge >= 0.3 is 0 Å². The summed E-state index contributed by atoms with van der Waals surface area (Å²) in [5, 5.41) is 2.62. The smallest absolute Gasteiger partial charge is 0.264 e. The summed E-state index contributed by atoms with van der Waals surface area (Å²) in [6.07, 6.45) is 0. The Labute approximate surface area is 239 Å². The van der Waals surface area contributed by atoms with Crippen LogP contribution in [-0.2, 0) is 29.6 Å². The fraction of sp³-hybridized carbons (Fsp3) is 0.296. The number of nitrogens with one attached hydrogen (secondary N) is 1. The van der Waals surface area contributed by atoms with Gasteiger partial charge in [0, 0.05) is 19.2 Å². The van der Waals surface area contributed by atoms with E-state index in [0.717, 1.165) is 4.31 Å². The Kier molecular flexibility index (Phi) is 9.38. The summed E-state index contributed by atoms with van der Waals surface area (Å²) in [5.41, 5.74) is 0.316. The van der Waals surface area contributed by atoms with E-state index in [1.165, 1.54) is 62.0 Å². The fourth-order valence-electron chi connectivity index (χ4n) is 4.21. The molecule has 0 atom stereocenters. The third-order valence-electron chi connectivity index (χ3n) is 6.33. The minimum absolute atomic E-state index is 0.0478. The van der Waals surface area contributed by atoms with Crippen LogP contribution in [0.4, 0.5) is 11.4 Å². The molecule has 1 aliphatic heterocycles. The first-order chi connectivity index (χ1) is 19.6. The lowest BCUT2D eigenvalue weighted by molar-refractivity contribution is -0.114. The number of ether oxygens (including phenoxy) is 4. The maximum absolute atomic E-state index is 13.8. The van der Waals surface area contributed by atoms with Crippen molar-refractivity contribution in [3.05, 3.63) is 66.7 Å². The minimum atomic E-state index is -4.27. The van der Waals surface area contributed by atoms with Gasteiger partial charge in [-0.05, 0) is 42.5 Å². The van der Waals surface area contributed by atoms with E-state index in [9.17, 15) is 21.6 Å². The van der Waals surface area contributed by atoms with Crippen molar-refractivity contribution in [2.45, 2.75) is 9.79 Å². The van der Waals surface area contributed by atoms with Gasteiger partial charge in [0.05, 0.1) is 55.7 Å². The Morgan fingerprint density at radius 3 is 2.07 bits per heavy atom. The zero-order valence-electron chi connectivity index (χ0n) is 22.8. The summed E-state index contributed by atoms with van der Waals surface area (Å²) < 4.78 is 77.3. The van der Waals surface area contributed by atoms with Crippen LogP contribution in [0.3, 0.4) is 0 Å². The van der Waals surface area contributed by atoms with Crippen molar-refractivity contribution >= 4 is 37.3 Å². The molecule has 0 aliphatic carbocycles. The number of rotatable bonds is 11. The molecule has 41 heavy (non-hydrogen) atoms. The van der Waals surface area contributed by atoms with Crippen molar-refractivity contribution in [3.8, 4) is 17.2 Å². The molecule has 3 aromatic carbocycles. The highest BCUT2D eigenvalue weighted by Gasteiger charge is 2.30. The molecule has 0 unspecified atom stereocenters. The van der Waals surface area contributed by atoms with E-state index < -0.39 is 32.5 Å². The van der Waals surface area contributed by atoms with Crippen LogP contribution < -0.4 is 23.8 Å². The number of para-hydroxylation sites is 1. The highest BCUT2D eigenvalue weighted by Crippen LogP contribution is 2.33. The normalized spacial score (nSPS) is 14.2. The molecule has 0 bridgehead atoms. The quantitative estimate of drug-likeness (QED) is 0.349. The van der Waals surface area contributed by atoms with Crippen LogP contribution in [0.1, 0.15) is 0 Å². The predicted octanol–water partition coefficient (Wildman–Crippen LogP) is 2.57. The Morgan fingerprint density at radius 1 is 0.829 bits per heavy atom. The van der Waals surface area contributed by atoms with Crippen LogP contribution in [-0.4, -0.2) is 81.2 Å². The Hall–Kier alpha value is -3.85. The molecular formula is C27H31N3O9S2. The first-order valence-corrected chi connectivity index (χ1v) is 15.4. The van der Waals surface area contributed by atoms with Crippen molar-refractivity contribution in [2.75, 3.05) is 63.8 Å². The van der Waals surface area contributed by atoms with Gasteiger partial charge in [0.15, 0.2) is 11.5 Å². The van der Waals surface area contributed by atoms with Crippen LogP contribution in [0.5, 0.6) is 17.2 Å². The first kappa shape index (κ1) is 30.1. The van der Waals surface area contributed by atoms with E-state index in [0.29, 0.717) is 5.75 Å². The number of benzene rings is 3. The summed E-state index contributed by atoms with van der Waals surface area (Å²) in [6, 6.07) is 16.4. The zero-order chi connectivity index (χ0) is 29.6. The van der Waals surface area contributed by atoms with Gasteiger partial charge in [-0.1, -0.05) is 18.2 Å². The number of methoxy groups -OCH3 is 3. The van der Waals surface area contributed by atoms with Crippen molar-refractivity contribution in [1.29, 1.82) is 0 Å². The summed E-state index contributed by atoms with van der Waals surface area (Å²) >= 11 is 0. The first-order valence-electron chi connectivity index (χ1n) is 12.5. The zero-order valence-corrected chi connectivity index (χ0v) is 24.4. The molecule has 14 heteroatoms. The van der Waals surface area contributed by atoms with Crippen LogP contribution in [0.15, 0.2) is 76.5 Å². The standard InChI is InChI=1S/C27H31N3O9S2/c1-36-24-11-9-21(40(32,33)29-13-15-39-16-14-29)17-23(24)28-27(31)19-30(20-7-5-4-6-8-20)41(34,35)22-10-12-25(37-2)26(18-22)38-3/h4-12,17-18H,13-16,19H2,1-3H3,(H,28,31). The molecule has 1 heterocycles. The van der Waals surface area contributed by atoms with E-state index in [2.05, 4.69) is 5.32 Å². The second-order valence-electron chi connectivity index (χ2n) is 8.79. The Bertz CT molecular complexity index is 1590. The van der Waals surface area contributed by atoms with Crippen LogP contribution in [0, 0.1) is 0 Å². The molecule has 1 fully saturated rings. The lowest BCUT2D eigenvalue weighted by Gasteiger charge is -2.26. The summed E-state index contributed by atoms with van der Waals surface area (Å²) in [7, 11) is -3.94. The third-order valence-corrected chi connectivity index (χ3v) is 9.99. The second-order valence-corrected chi connectivity index (χ2v) is 12.6. The number of sulfonamides is 2. The van der Waals surface area contributed by atoms with Gasteiger partial charge in [0.25, 0.3) is 10.0 Å². The fourth-order valence-corrected chi connectivity index (χ4v) is 7.09. The van der Waals surface area contributed by atoms with E-state index in [1.807, 2.05) is 0 Å². The molecule has 12 nitrogen and oxygen atoms in total. The number of anilines is 2. The van der Waals surface area contributed by atoms with Crippen molar-refractivity contribution < 1.29 is 40.6 Å². The van der Waals surface area contributed by atoms with Gasteiger partial charge in [-0.15, -0.1) is 0 Å². The maximum Gasteiger partial charge on any atom is 0.264 e. The predicted molar refractivity (Wildman–Crippen MR) is 152 cm³/mol. The third kappa shape index (κ3) is 6.56. The van der Waals surface area contributed by atoms with Gasteiger partial charge in [-0.25, -0.2) is 16.8 Å². The van der Waals surface area contributed by atoms with Crippen LogP contribution in [0.2, 0.25) is 0 Å². The average Bonchev–Trinajstić information content (AvgIpc) is 3.00. The summed E-state index contributed by atoms with van der Waals surface area (Å²) in [4.78, 5) is 13.2. The lowest BCUT2D eigenvalue weighted by atomic mass is 10.3. The number of hydrogen-bond acceptors (Lipinski definition) is 9. The molecule has 4 rings (SSSR count). The maximum atomic E-state index is 13.8. The molecule has 0 aromatic heterocycles. The van der Waals surface area contributed by atoms with E-state index in [1.54, 1.807) is 30.3 Å². The summed E-state index contributed by atoms with van der Waals surface area (Å²) in [5.74, 6) is 0.0222. The molecule has 3 aromatic rings. The van der Waals surface area contributed by atoms with E-state index in [4.69, 9.17) is 18.9 Å². The van der Waals surface area contributed by atoms with Crippen molar-refractivity contribution in [2.24, 2.45) is 0 Å². The molecule has 1 saturated heterocycles. The Balaban J connectivity index is 1.66. The SMILES string of the molecule is COc1ccc(S(=O)(=O)N2CCOCC2)cc1NC(=O)CN(c1ccccc1)S(=O)(=O)c1ccc(OC)c(OC)c1. The average molecular weight is 606 g/mol. The van der Waals surface area contributed by atoms with Crippen LogP contribution >= 0.6 is 0 Å². The molecule has 1 N–H and O–H groups in total. The lowest BCUT2D eigenvalue weighted by Crippen LogP contribution is -2.40. The molecule has 220 valence electrons. The van der Waals surface area contributed by atoms with Crippen LogP contribution in [0.25, 0.3) is 0 Å². The van der Waals surface area contributed by atoms with Gasteiger partial charge in [0.1, 0.15) is 12.3 Å².